The summed E-state index contributed by atoms with van der Waals surface area (Å²) < 4.78 is 20.7. The topological polar surface area (TPSA) is 99.2 Å². The Balaban J connectivity index is 0.00000218. The molecule has 11 heteroatoms. The van der Waals surface area contributed by atoms with E-state index < -0.39 is 10.5 Å². The van der Waals surface area contributed by atoms with Gasteiger partial charge in [0, 0.05) is 41.9 Å². The van der Waals surface area contributed by atoms with Crippen LogP contribution in [0.15, 0.2) is 36.7 Å². The third-order valence-corrected chi connectivity index (χ3v) is 5.14. The van der Waals surface area contributed by atoms with Gasteiger partial charge in [0.2, 0.25) is 0 Å². The standard InChI is InChI=1S/C19H17FN6O3.H2S/c1-19(11-25-9-16(26(27)28)23-18(25)29-19)10-24-7-13-6-21-17(22-15(13)8-24)12-2-4-14(20)5-3-12;/h2-6,9H,7-8,10-11H2,1H3;1H2/t19-;/m0./s1. The van der Waals surface area contributed by atoms with Crippen LogP contribution in [0.25, 0.3) is 11.4 Å². The number of halogens is 1. The van der Waals surface area contributed by atoms with Crippen molar-refractivity contribution in [2.45, 2.75) is 32.2 Å². The van der Waals surface area contributed by atoms with E-state index in [0.717, 1.165) is 16.8 Å². The van der Waals surface area contributed by atoms with Crippen LogP contribution >= 0.6 is 13.5 Å². The smallest absolute Gasteiger partial charge is 0.415 e. The molecule has 2 aliphatic heterocycles. The number of hydrogen-bond donors (Lipinski definition) is 0. The Hall–Kier alpha value is -3.05. The Morgan fingerprint density at radius 3 is 2.73 bits per heavy atom. The number of benzene rings is 1. The number of rotatable bonds is 4. The van der Waals surface area contributed by atoms with E-state index in [9.17, 15) is 14.5 Å². The van der Waals surface area contributed by atoms with Crippen molar-refractivity contribution in [3.63, 3.8) is 0 Å². The molecule has 4 heterocycles. The van der Waals surface area contributed by atoms with Crippen LogP contribution in [-0.4, -0.2) is 41.5 Å². The SMILES string of the molecule is C[C@]1(CN2Cc3cnc(-c4ccc(F)cc4)nc3C2)Cn2cc([N+](=O)[O-])nc2O1.S. The van der Waals surface area contributed by atoms with Crippen molar-refractivity contribution < 1.29 is 14.1 Å². The Morgan fingerprint density at radius 1 is 1.27 bits per heavy atom. The van der Waals surface area contributed by atoms with Crippen molar-refractivity contribution in [1.82, 2.24) is 24.4 Å². The van der Waals surface area contributed by atoms with Crippen LogP contribution in [0, 0.1) is 15.9 Å². The normalized spacial score (nSPS) is 19.7. The molecule has 0 aliphatic carbocycles. The zero-order chi connectivity index (χ0) is 20.2. The summed E-state index contributed by atoms with van der Waals surface area (Å²) in [6.45, 7) is 4.41. The van der Waals surface area contributed by atoms with E-state index in [-0.39, 0.29) is 31.1 Å². The third kappa shape index (κ3) is 3.61. The van der Waals surface area contributed by atoms with Crippen LogP contribution < -0.4 is 4.74 Å². The number of nitrogens with zero attached hydrogens (tertiary/aromatic N) is 6. The zero-order valence-corrected chi connectivity index (χ0v) is 17.1. The fraction of sp³-hybridized carbons (Fsp3) is 0.316. The molecular weight excluding hydrogens is 411 g/mol. The number of ether oxygens (including phenoxy) is 1. The van der Waals surface area contributed by atoms with Crippen molar-refractivity contribution in [3.05, 3.63) is 63.8 Å². The molecule has 0 unspecified atom stereocenters. The van der Waals surface area contributed by atoms with Crippen LogP contribution in [-0.2, 0) is 19.6 Å². The second kappa shape index (κ2) is 7.33. The maximum absolute atomic E-state index is 13.1. The van der Waals surface area contributed by atoms with E-state index in [1.165, 1.54) is 18.3 Å². The Kier molecular flexibility index (Phi) is 4.94. The molecule has 1 atom stereocenters. The summed E-state index contributed by atoms with van der Waals surface area (Å²) in [5.74, 6) is 0.0665. The van der Waals surface area contributed by atoms with Crippen molar-refractivity contribution in [3.8, 4) is 17.4 Å². The predicted octanol–water partition coefficient (Wildman–Crippen LogP) is 2.67. The molecule has 5 rings (SSSR count). The number of fused-ring (bicyclic) bond motifs is 2. The second-order valence-electron chi connectivity index (χ2n) is 7.64. The minimum atomic E-state index is -0.535. The summed E-state index contributed by atoms with van der Waals surface area (Å²) in [7, 11) is 0. The molecule has 9 nitrogen and oxygen atoms in total. The highest BCUT2D eigenvalue weighted by atomic mass is 32.1. The fourth-order valence-corrected chi connectivity index (χ4v) is 3.91. The van der Waals surface area contributed by atoms with E-state index in [1.807, 2.05) is 13.1 Å². The van der Waals surface area contributed by atoms with Crippen LogP contribution in [0.5, 0.6) is 6.01 Å². The van der Waals surface area contributed by atoms with Gasteiger partial charge in [-0.15, -0.1) is 0 Å². The highest BCUT2D eigenvalue weighted by Gasteiger charge is 2.42. The number of nitro groups is 1. The quantitative estimate of drug-likeness (QED) is 0.463. The van der Waals surface area contributed by atoms with E-state index in [2.05, 4.69) is 19.9 Å². The van der Waals surface area contributed by atoms with Crippen molar-refractivity contribution in [2.24, 2.45) is 0 Å². The maximum Gasteiger partial charge on any atom is 0.415 e. The molecule has 1 aromatic carbocycles. The Morgan fingerprint density at radius 2 is 2.03 bits per heavy atom. The number of hydrogen-bond acceptors (Lipinski definition) is 7. The summed E-state index contributed by atoms with van der Waals surface area (Å²) >= 11 is 0. The Labute approximate surface area is 178 Å². The predicted molar refractivity (Wildman–Crippen MR) is 110 cm³/mol. The van der Waals surface area contributed by atoms with Gasteiger partial charge in [-0.3, -0.25) is 9.47 Å². The average molecular weight is 430 g/mol. The largest absolute Gasteiger partial charge is 0.436 e. The first-order valence-corrected chi connectivity index (χ1v) is 9.12. The minimum absolute atomic E-state index is 0. The van der Waals surface area contributed by atoms with Crippen LogP contribution in [0.3, 0.4) is 0 Å². The molecule has 0 radical (unpaired) electrons. The van der Waals surface area contributed by atoms with Gasteiger partial charge < -0.3 is 14.9 Å². The molecular formula is C19H19FN6O3S. The molecule has 0 fully saturated rings. The number of aromatic nitrogens is 4. The van der Waals surface area contributed by atoms with E-state index in [0.29, 0.717) is 32.0 Å². The molecule has 0 N–H and O–H groups in total. The van der Waals surface area contributed by atoms with Crippen LogP contribution in [0.2, 0.25) is 0 Å². The number of imidazole rings is 1. The summed E-state index contributed by atoms with van der Waals surface area (Å²) in [4.78, 5) is 25.5. The lowest BCUT2D eigenvalue weighted by Gasteiger charge is -2.27. The lowest BCUT2D eigenvalue weighted by molar-refractivity contribution is -0.389. The summed E-state index contributed by atoms with van der Waals surface area (Å²) in [6, 6.07) is 6.39. The highest BCUT2D eigenvalue weighted by Crippen LogP contribution is 2.33. The second-order valence-corrected chi connectivity index (χ2v) is 7.64. The van der Waals surface area contributed by atoms with Crippen LogP contribution in [0.4, 0.5) is 10.2 Å². The molecule has 0 amide bonds. The first-order valence-electron chi connectivity index (χ1n) is 9.12. The first-order chi connectivity index (χ1) is 13.9. The van der Waals surface area contributed by atoms with Gasteiger partial charge in [-0.2, -0.15) is 13.5 Å². The maximum atomic E-state index is 13.1. The van der Waals surface area contributed by atoms with Crippen molar-refractivity contribution in [1.29, 1.82) is 0 Å². The van der Waals surface area contributed by atoms with Crippen LogP contribution in [0.1, 0.15) is 18.2 Å². The average Bonchev–Trinajstić information content (AvgIpc) is 3.32. The van der Waals surface area contributed by atoms with Gasteiger partial charge in [0.05, 0.1) is 12.2 Å². The van der Waals surface area contributed by atoms with Gasteiger partial charge in [-0.25, -0.2) is 14.4 Å². The molecule has 3 aromatic rings. The molecule has 0 saturated heterocycles. The lowest BCUT2D eigenvalue weighted by Crippen LogP contribution is -2.43. The third-order valence-electron chi connectivity index (χ3n) is 5.14. The lowest BCUT2D eigenvalue weighted by atomic mass is 10.1. The molecule has 2 aliphatic rings. The molecule has 0 spiro atoms. The summed E-state index contributed by atoms with van der Waals surface area (Å²) in [5.41, 5.74) is 2.22. The summed E-state index contributed by atoms with van der Waals surface area (Å²) in [6.07, 6.45) is 3.22. The van der Waals surface area contributed by atoms with Gasteiger partial charge in [-0.05, 0) is 36.1 Å². The molecule has 156 valence electrons. The molecule has 0 bridgehead atoms. The van der Waals surface area contributed by atoms with Gasteiger partial charge >= 0.3 is 11.8 Å². The molecule has 0 saturated carbocycles. The highest BCUT2D eigenvalue weighted by molar-refractivity contribution is 7.59. The van der Waals surface area contributed by atoms with Gasteiger partial charge in [0.1, 0.15) is 17.6 Å². The molecule has 30 heavy (non-hydrogen) atoms. The zero-order valence-electron chi connectivity index (χ0n) is 16.1. The van der Waals surface area contributed by atoms with E-state index in [4.69, 9.17) is 4.74 Å². The first kappa shape index (κ1) is 20.2. The van der Waals surface area contributed by atoms with E-state index >= 15 is 0 Å². The Bertz CT molecular complexity index is 1100. The minimum Gasteiger partial charge on any atom is -0.436 e. The fourth-order valence-electron chi connectivity index (χ4n) is 3.91. The monoisotopic (exact) mass is 430 g/mol. The van der Waals surface area contributed by atoms with Crippen molar-refractivity contribution in [2.75, 3.05) is 6.54 Å². The molecule has 2 aromatic heterocycles. The summed E-state index contributed by atoms with van der Waals surface area (Å²) in [5, 5.41) is 10.9. The van der Waals surface area contributed by atoms with Crippen molar-refractivity contribution >= 4 is 19.3 Å². The van der Waals surface area contributed by atoms with Gasteiger partial charge in [-0.1, -0.05) is 0 Å². The van der Waals surface area contributed by atoms with Gasteiger partial charge in [0.15, 0.2) is 5.82 Å². The van der Waals surface area contributed by atoms with Gasteiger partial charge in [0.25, 0.3) is 0 Å². The van der Waals surface area contributed by atoms with E-state index in [1.54, 1.807) is 16.7 Å².